The first-order valence-electron chi connectivity index (χ1n) is 8.41. The quantitative estimate of drug-likeness (QED) is 0.699. The highest BCUT2D eigenvalue weighted by molar-refractivity contribution is 6.15. The molecule has 0 aliphatic carbocycles. The summed E-state index contributed by atoms with van der Waals surface area (Å²) in [5.41, 5.74) is 4.30. The van der Waals surface area contributed by atoms with Gasteiger partial charge < -0.3 is 9.47 Å². The Morgan fingerprint density at radius 1 is 1.27 bits per heavy atom. The molecule has 1 aromatic heterocycles. The standard InChI is InChI=1S/C20H24N2/c1-5-7-13(2)22-14(3)16-8-6-9-17-19(16)18(22)12-15-10-11-21(4)20(15)17/h6,8-9,12-13H,3,5,7,10-11H2,1-2,4H3. The molecule has 2 aromatic carbocycles. The molecule has 114 valence electrons. The number of anilines is 1. The molecule has 0 fully saturated rings. The van der Waals surface area contributed by atoms with Crippen LogP contribution >= 0.6 is 0 Å². The summed E-state index contributed by atoms with van der Waals surface area (Å²) in [5.74, 6) is 0. The number of likely N-dealkylation sites (N-methyl/N-ethyl adjacent to an activating group) is 1. The highest BCUT2D eigenvalue weighted by Gasteiger charge is 2.23. The first kappa shape index (κ1) is 13.7. The Morgan fingerprint density at radius 2 is 2.05 bits per heavy atom. The first-order valence-corrected chi connectivity index (χ1v) is 8.41. The van der Waals surface area contributed by atoms with Gasteiger partial charge in [-0.1, -0.05) is 38.1 Å². The van der Waals surface area contributed by atoms with Crippen molar-refractivity contribution >= 4 is 33.9 Å². The van der Waals surface area contributed by atoms with Gasteiger partial charge in [0.1, 0.15) is 0 Å². The van der Waals surface area contributed by atoms with Gasteiger partial charge in [-0.25, -0.2) is 0 Å². The van der Waals surface area contributed by atoms with E-state index in [2.05, 4.69) is 61.2 Å². The van der Waals surface area contributed by atoms with Gasteiger partial charge in [0.25, 0.3) is 0 Å². The number of nitrogens with zero attached hydrogens (tertiary/aromatic N) is 2. The lowest BCUT2D eigenvalue weighted by molar-refractivity contribution is 0.507. The van der Waals surface area contributed by atoms with Gasteiger partial charge in [0, 0.05) is 46.8 Å². The minimum absolute atomic E-state index is 0.505. The zero-order chi connectivity index (χ0) is 15.4. The summed E-state index contributed by atoms with van der Waals surface area (Å²) in [6.45, 7) is 10.1. The highest BCUT2D eigenvalue weighted by atomic mass is 15.1. The van der Waals surface area contributed by atoms with Crippen molar-refractivity contribution in [3.8, 4) is 0 Å². The van der Waals surface area contributed by atoms with Crippen molar-refractivity contribution in [2.75, 3.05) is 18.5 Å². The number of rotatable bonds is 3. The second-order valence-corrected chi connectivity index (χ2v) is 6.76. The molecule has 1 aliphatic heterocycles. The van der Waals surface area contributed by atoms with Crippen LogP contribution in [-0.2, 0) is 6.42 Å². The first-order chi connectivity index (χ1) is 10.6. The maximum atomic E-state index is 4.41. The van der Waals surface area contributed by atoms with Gasteiger partial charge in [0.2, 0.25) is 0 Å². The summed E-state index contributed by atoms with van der Waals surface area (Å²) in [6.07, 6.45) is 3.56. The lowest BCUT2D eigenvalue weighted by atomic mass is 10.0. The Kier molecular flexibility index (Phi) is 2.97. The van der Waals surface area contributed by atoms with Crippen molar-refractivity contribution in [1.82, 2.24) is 4.57 Å². The van der Waals surface area contributed by atoms with E-state index in [-0.39, 0.29) is 0 Å². The average Bonchev–Trinajstić information content (AvgIpc) is 3.01. The van der Waals surface area contributed by atoms with Gasteiger partial charge in [-0.2, -0.15) is 0 Å². The van der Waals surface area contributed by atoms with Crippen LogP contribution in [0.3, 0.4) is 0 Å². The zero-order valence-corrected chi connectivity index (χ0v) is 13.8. The summed E-state index contributed by atoms with van der Waals surface area (Å²) in [7, 11) is 2.21. The van der Waals surface area contributed by atoms with Crippen LogP contribution in [0.2, 0.25) is 0 Å². The molecule has 0 radical (unpaired) electrons. The summed E-state index contributed by atoms with van der Waals surface area (Å²) >= 11 is 0. The van der Waals surface area contributed by atoms with Crippen LogP contribution in [0.5, 0.6) is 0 Å². The van der Waals surface area contributed by atoms with Crippen LogP contribution in [-0.4, -0.2) is 18.2 Å². The van der Waals surface area contributed by atoms with Crippen LogP contribution in [0.15, 0.2) is 24.3 Å². The molecule has 2 heteroatoms. The van der Waals surface area contributed by atoms with Gasteiger partial charge >= 0.3 is 0 Å². The van der Waals surface area contributed by atoms with E-state index in [1.165, 1.54) is 51.1 Å². The monoisotopic (exact) mass is 292 g/mol. The number of aromatic nitrogens is 1. The third-order valence-corrected chi connectivity index (χ3v) is 5.30. The number of fused-ring (bicyclic) bond motifs is 2. The van der Waals surface area contributed by atoms with Gasteiger partial charge in [0.15, 0.2) is 0 Å². The third-order valence-electron chi connectivity index (χ3n) is 5.30. The van der Waals surface area contributed by atoms with Gasteiger partial charge in [-0.15, -0.1) is 0 Å². The minimum atomic E-state index is 0.505. The van der Waals surface area contributed by atoms with E-state index in [0.29, 0.717) is 6.04 Å². The van der Waals surface area contributed by atoms with Crippen molar-refractivity contribution in [3.63, 3.8) is 0 Å². The molecule has 1 atom stereocenters. The molecule has 4 rings (SSSR count). The maximum absolute atomic E-state index is 4.41. The fourth-order valence-corrected chi connectivity index (χ4v) is 4.30. The Morgan fingerprint density at radius 3 is 2.82 bits per heavy atom. The lowest BCUT2D eigenvalue weighted by Gasteiger charge is -2.17. The molecule has 22 heavy (non-hydrogen) atoms. The summed E-state index contributed by atoms with van der Waals surface area (Å²) in [5, 5.41) is 5.30. The van der Waals surface area contributed by atoms with Crippen molar-refractivity contribution < 1.29 is 0 Å². The molecule has 0 N–H and O–H groups in total. The molecule has 2 nitrogen and oxygen atoms in total. The lowest BCUT2D eigenvalue weighted by Crippen LogP contribution is -2.18. The SMILES string of the molecule is C=c1c2cccc3c4c(cc(c32)n1C(C)CCC)CCN4C. The third kappa shape index (κ3) is 1.67. The van der Waals surface area contributed by atoms with E-state index < -0.39 is 0 Å². The van der Waals surface area contributed by atoms with Crippen LogP contribution in [0.1, 0.15) is 38.3 Å². The van der Waals surface area contributed by atoms with Crippen LogP contribution < -0.4 is 10.2 Å². The molecular formula is C20H24N2. The van der Waals surface area contributed by atoms with E-state index in [4.69, 9.17) is 0 Å². The van der Waals surface area contributed by atoms with Crippen LogP contribution in [0.25, 0.3) is 28.3 Å². The maximum Gasteiger partial charge on any atom is 0.0504 e. The Hall–Kier alpha value is -1.96. The highest BCUT2D eigenvalue weighted by Crippen LogP contribution is 2.40. The van der Waals surface area contributed by atoms with E-state index in [0.717, 1.165) is 13.0 Å². The number of hydrogen-bond acceptors (Lipinski definition) is 1. The van der Waals surface area contributed by atoms with Crippen molar-refractivity contribution in [3.05, 3.63) is 35.2 Å². The van der Waals surface area contributed by atoms with Crippen molar-refractivity contribution in [1.29, 1.82) is 0 Å². The summed E-state index contributed by atoms with van der Waals surface area (Å²) in [6, 6.07) is 9.63. The number of benzene rings is 2. The van der Waals surface area contributed by atoms with Crippen molar-refractivity contribution in [2.45, 2.75) is 39.2 Å². The molecular weight excluding hydrogens is 268 g/mol. The Bertz CT molecular complexity index is 903. The predicted molar refractivity (Wildman–Crippen MR) is 96.8 cm³/mol. The Balaban J connectivity index is 2.14. The topological polar surface area (TPSA) is 8.17 Å². The molecule has 1 unspecified atom stereocenters. The summed E-state index contributed by atoms with van der Waals surface area (Å²) < 4.78 is 2.47. The van der Waals surface area contributed by atoms with Gasteiger partial charge in [-0.05, 0) is 31.4 Å². The molecule has 0 saturated heterocycles. The van der Waals surface area contributed by atoms with E-state index >= 15 is 0 Å². The molecule has 0 saturated carbocycles. The van der Waals surface area contributed by atoms with E-state index in [1.54, 1.807) is 0 Å². The van der Waals surface area contributed by atoms with E-state index in [1.807, 2.05) is 0 Å². The molecule has 0 spiro atoms. The fourth-order valence-electron chi connectivity index (χ4n) is 4.30. The second-order valence-electron chi connectivity index (χ2n) is 6.76. The zero-order valence-electron chi connectivity index (χ0n) is 13.8. The molecule has 0 bridgehead atoms. The minimum Gasteiger partial charge on any atom is -0.374 e. The Labute approximate surface area is 132 Å². The number of hydrogen-bond donors (Lipinski definition) is 0. The van der Waals surface area contributed by atoms with Crippen LogP contribution in [0.4, 0.5) is 5.69 Å². The second kappa shape index (κ2) is 4.77. The normalized spacial score (nSPS) is 15.9. The largest absolute Gasteiger partial charge is 0.374 e. The average molecular weight is 292 g/mol. The van der Waals surface area contributed by atoms with Gasteiger partial charge in [-0.3, -0.25) is 0 Å². The molecule has 3 aromatic rings. The van der Waals surface area contributed by atoms with E-state index in [9.17, 15) is 0 Å². The molecule has 0 amide bonds. The molecule has 1 aliphatic rings. The fraction of sp³-hybridized carbons (Fsp3) is 0.400. The van der Waals surface area contributed by atoms with Crippen molar-refractivity contribution in [2.24, 2.45) is 0 Å². The smallest absolute Gasteiger partial charge is 0.0504 e. The van der Waals surface area contributed by atoms with Gasteiger partial charge in [0.05, 0.1) is 5.52 Å². The predicted octanol–water partition coefficient (Wildman–Crippen LogP) is 4.28. The summed E-state index contributed by atoms with van der Waals surface area (Å²) in [4.78, 5) is 2.40. The van der Waals surface area contributed by atoms with Crippen LogP contribution in [0, 0.1) is 0 Å². The molecule has 2 heterocycles.